The SMILES string of the molecule is C=CC[C@]12C(=O)CC3C[C@H]1C[C@@H](O[Si](C)(C)C(C)(C)C)[C@@]2(C(=O)OC)C3. The molecule has 0 heterocycles. The van der Waals surface area contributed by atoms with Crippen LogP contribution in [0, 0.1) is 22.7 Å². The van der Waals surface area contributed by atoms with Crippen LogP contribution in [0.2, 0.25) is 18.1 Å². The lowest BCUT2D eigenvalue weighted by Crippen LogP contribution is -2.64. The van der Waals surface area contributed by atoms with Gasteiger partial charge in [0.25, 0.3) is 0 Å². The number of ether oxygens (including phenoxy) is 1. The molecule has 146 valence electrons. The summed E-state index contributed by atoms with van der Waals surface area (Å²) in [5.74, 6) is 0.473. The van der Waals surface area contributed by atoms with Crippen molar-refractivity contribution in [1.82, 2.24) is 0 Å². The molecule has 4 fully saturated rings. The smallest absolute Gasteiger partial charge is 0.315 e. The van der Waals surface area contributed by atoms with Crippen LogP contribution in [-0.4, -0.2) is 33.3 Å². The molecule has 4 bridgehead atoms. The van der Waals surface area contributed by atoms with E-state index in [1.807, 2.05) is 6.08 Å². The van der Waals surface area contributed by atoms with Crippen molar-refractivity contribution in [3.8, 4) is 0 Å². The van der Waals surface area contributed by atoms with Crippen LogP contribution < -0.4 is 0 Å². The van der Waals surface area contributed by atoms with Gasteiger partial charge in [0.2, 0.25) is 0 Å². The zero-order valence-corrected chi connectivity index (χ0v) is 18.2. The molecular formula is C21H34O4Si. The van der Waals surface area contributed by atoms with Gasteiger partial charge in [-0.05, 0) is 55.7 Å². The molecule has 0 radical (unpaired) electrons. The van der Waals surface area contributed by atoms with E-state index in [1.54, 1.807) is 0 Å². The lowest BCUT2D eigenvalue weighted by atomic mass is 9.45. The summed E-state index contributed by atoms with van der Waals surface area (Å²) >= 11 is 0. The maximum atomic E-state index is 13.3. The average Bonchev–Trinajstić information content (AvgIpc) is 2.69. The largest absolute Gasteiger partial charge is 0.468 e. The van der Waals surface area contributed by atoms with Crippen LogP contribution in [0.25, 0.3) is 0 Å². The Hall–Kier alpha value is -0.943. The molecule has 0 amide bonds. The molecule has 0 spiro atoms. The minimum atomic E-state index is -2.09. The average molecular weight is 379 g/mol. The second kappa shape index (κ2) is 6.03. The number of fused-ring (bicyclic) bond motifs is 1. The van der Waals surface area contributed by atoms with Gasteiger partial charge in [0, 0.05) is 6.42 Å². The molecule has 4 aliphatic carbocycles. The topological polar surface area (TPSA) is 52.6 Å². The first-order chi connectivity index (χ1) is 12.0. The van der Waals surface area contributed by atoms with Gasteiger partial charge in [0.15, 0.2) is 8.32 Å². The molecule has 1 unspecified atom stereocenters. The fourth-order valence-corrected chi connectivity index (χ4v) is 7.25. The van der Waals surface area contributed by atoms with Crippen LogP contribution in [0.15, 0.2) is 12.7 Å². The lowest BCUT2D eigenvalue weighted by Gasteiger charge is -2.57. The predicted molar refractivity (Wildman–Crippen MR) is 104 cm³/mol. The Morgan fingerprint density at radius 3 is 2.54 bits per heavy atom. The summed E-state index contributed by atoms with van der Waals surface area (Å²) in [6, 6.07) is 0. The highest BCUT2D eigenvalue weighted by atomic mass is 28.4. The molecule has 4 aliphatic rings. The molecule has 0 N–H and O–H groups in total. The fourth-order valence-electron chi connectivity index (χ4n) is 5.89. The maximum Gasteiger partial charge on any atom is 0.315 e. The molecule has 5 atom stereocenters. The highest BCUT2D eigenvalue weighted by Crippen LogP contribution is 2.72. The van der Waals surface area contributed by atoms with Gasteiger partial charge < -0.3 is 9.16 Å². The number of ketones is 1. The number of esters is 1. The monoisotopic (exact) mass is 378 g/mol. The number of hydrogen-bond acceptors (Lipinski definition) is 4. The molecule has 0 aliphatic heterocycles. The van der Waals surface area contributed by atoms with Gasteiger partial charge in [0.05, 0.1) is 18.6 Å². The molecule has 26 heavy (non-hydrogen) atoms. The molecule has 0 aromatic rings. The summed E-state index contributed by atoms with van der Waals surface area (Å²) in [6.07, 6.45) is 5.27. The van der Waals surface area contributed by atoms with E-state index in [4.69, 9.17) is 9.16 Å². The number of carbonyl (C=O) groups excluding carboxylic acids is 2. The Balaban J connectivity index is 2.12. The molecule has 0 aromatic carbocycles. The second-order valence-corrected chi connectivity index (χ2v) is 14.9. The zero-order chi connectivity index (χ0) is 19.5. The molecule has 0 saturated heterocycles. The number of methoxy groups -OCH3 is 1. The molecule has 0 aromatic heterocycles. The third-order valence-electron chi connectivity index (χ3n) is 8.00. The van der Waals surface area contributed by atoms with Crippen LogP contribution in [0.4, 0.5) is 0 Å². The summed E-state index contributed by atoms with van der Waals surface area (Å²) in [6.45, 7) is 15.0. The third-order valence-corrected chi connectivity index (χ3v) is 12.5. The van der Waals surface area contributed by atoms with Crippen molar-refractivity contribution in [3.63, 3.8) is 0 Å². The first kappa shape index (κ1) is 19.8. The summed E-state index contributed by atoms with van der Waals surface area (Å²) in [4.78, 5) is 26.5. The van der Waals surface area contributed by atoms with Gasteiger partial charge in [-0.3, -0.25) is 9.59 Å². The molecule has 4 saturated carbocycles. The van der Waals surface area contributed by atoms with E-state index in [1.165, 1.54) is 7.11 Å². The van der Waals surface area contributed by atoms with E-state index >= 15 is 0 Å². The molecule has 4 nitrogen and oxygen atoms in total. The minimum absolute atomic E-state index is 0.0512. The Kier molecular flexibility index (Phi) is 4.59. The van der Waals surface area contributed by atoms with Crippen LogP contribution >= 0.6 is 0 Å². The second-order valence-electron chi connectivity index (χ2n) is 10.2. The Bertz CT molecular complexity index is 634. The first-order valence-electron chi connectivity index (χ1n) is 9.86. The van der Waals surface area contributed by atoms with Gasteiger partial charge in [0.1, 0.15) is 11.2 Å². The van der Waals surface area contributed by atoms with Crippen molar-refractivity contribution in [2.45, 2.75) is 77.1 Å². The number of allylic oxidation sites excluding steroid dienone is 1. The molecule has 4 rings (SSSR count). The highest BCUT2D eigenvalue weighted by Gasteiger charge is 2.77. The third kappa shape index (κ3) is 2.35. The zero-order valence-electron chi connectivity index (χ0n) is 17.2. The van der Waals surface area contributed by atoms with E-state index in [9.17, 15) is 9.59 Å². The van der Waals surface area contributed by atoms with Crippen molar-refractivity contribution < 1.29 is 18.8 Å². The molecule has 5 heteroatoms. The van der Waals surface area contributed by atoms with Crippen molar-refractivity contribution in [2.75, 3.05) is 7.11 Å². The number of hydrogen-bond donors (Lipinski definition) is 0. The standard InChI is InChI=1S/C21H34O4Si/c1-8-9-20-15-10-14(11-16(20)22)13-21(20,18(23)24-5)17(12-15)25-26(6,7)19(2,3)4/h8,14-15,17H,1,9-13H2,2-7H3/t14?,15-,17+,20+,21+/m0/s1. The van der Waals surface area contributed by atoms with Crippen molar-refractivity contribution in [2.24, 2.45) is 22.7 Å². The van der Waals surface area contributed by atoms with Gasteiger partial charge >= 0.3 is 5.97 Å². The Labute approximate surface area is 158 Å². The number of carbonyl (C=O) groups is 2. The Morgan fingerprint density at radius 1 is 1.35 bits per heavy atom. The van der Waals surface area contributed by atoms with Gasteiger partial charge in [-0.2, -0.15) is 0 Å². The highest BCUT2D eigenvalue weighted by molar-refractivity contribution is 6.74. The molecular weight excluding hydrogens is 344 g/mol. The van der Waals surface area contributed by atoms with Crippen molar-refractivity contribution in [3.05, 3.63) is 12.7 Å². The van der Waals surface area contributed by atoms with Gasteiger partial charge in [-0.25, -0.2) is 0 Å². The normalized spacial score (nSPS) is 39.2. The fraction of sp³-hybridized carbons (Fsp3) is 0.810. The predicted octanol–water partition coefficient (Wildman–Crippen LogP) is 4.50. The van der Waals surface area contributed by atoms with Crippen LogP contribution in [0.3, 0.4) is 0 Å². The van der Waals surface area contributed by atoms with E-state index in [2.05, 4.69) is 40.4 Å². The van der Waals surface area contributed by atoms with Crippen molar-refractivity contribution >= 4 is 20.1 Å². The maximum absolute atomic E-state index is 13.3. The quantitative estimate of drug-likeness (QED) is 0.401. The first-order valence-corrected chi connectivity index (χ1v) is 12.8. The van der Waals surface area contributed by atoms with Crippen molar-refractivity contribution in [1.29, 1.82) is 0 Å². The van der Waals surface area contributed by atoms with E-state index in [-0.39, 0.29) is 34.7 Å². The van der Waals surface area contributed by atoms with E-state index in [0.29, 0.717) is 12.8 Å². The Morgan fingerprint density at radius 2 is 2.00 bits per heavy atom. The summed E-state index contributed by atoms with van der Waals surface area (Å²) in [5, 5.41) is 0.0512. The van der Waals surface area contributed by atoms with Gasteiger partial charge in [-0.1, -0.05) is 26.8 Å². The van der Waals surface area contributed by atoms with Gasteiger partial charge in [-0.15, -0.1) is 6.58 Å². The lowest BCUT2D eigenvalue weighted by molar-refractivity contribution is -0.189. The van der Waals surface area contributed by atoms with Crippen LogP contribution in [-0.2, 0) is 18.8 Å². The summed E-state index contributed by atoms with van der Waals surface area (Å²) in [7, 11) is -0.639. The van der Waals surface area contributed by atoms with E-state index in [0.717, 1.165) is 19.3 Å². The van der Waals surface area contributed by atoms with Crippen LogP contribution in [0.1, 0.15) is 52.9 Å². The van der Waals surface area contributed by atoms with E-state index < -0.39 is 19.1 Å². The van der Waals surface area contributed by atoms with Crippen LogP contribution in [0.5, 0.6) is 0 Å². The minimum Gasteiger partial charge on any atom is -0.468 e. The number of Topliss-reactive ketones (excluding diaryl/α,β-unsaturated/α-hetero) is 1. The summed E-state index contributed by atoms with van der Waals surface area (Å²) < 4.78 is 12.2. The number of rotatable bonds is 5. The summed E-state index contributed by atoms with van der Waals surface area (Å²) in [5.41, 5.74) is -1.52.